The van der Waals surface area contributed by atoms with E-state index in [1.807, 2.05) is 0 Å². The maximum absolute atomic E-state index is 8.80. The quantitative estimate of drug-likeness (QED) is 0.0136. The van der Waals surface area contributed by atoms with Crippen molar-refractivity contribution in [3.05, 3.63) is 156 Å². The second-order valence-corrected chi connectivity index (χ2v) is 28.4. The summed E-state index contributed by atoms with van der Waals surface area (Å²) in [5.74, 6) is 0. The number of azide groups is 1. The van der Waals surface area contributed by atoms with Crippen LogP contribution in [0.1, 0.15) is 157 Å². The molecule has 66 heavy (non-hydrogen) atoms. The number of rotatable bonds is 31. The fraction of sp³-hybridized carbons (Fsp3) is 0.517. The topological polar surface area (TPSA) is 87.5 Å². The van der Waals surface area contributed by atoms with Gasteiger partial charge in [0.15, 0.2) is 0 Å². The zero-order valence-electron chi connectivity index (χ0n) is 42.0. The van der Waals surface area contributed by atoms with E-state index in [1.165, 1.54) is 78.5 Å². The summed E-state index contributed by atoms with van der Waals surface area (Å²) in [7, 11) is -4.76. The summed E-state index contributed by atoms with van der Waals surface area (Å²) in [6.45, 7) is 16.6. The number of aliphatic hydroxyl groups excluding tert-OH is 1. The minimum Gasteiger partial charge on any atom is -0.407 e. The first kappa shape index (κ1) is 56.3. The highest BCUT2D eigenvalue weighted by molar-refractivity contribution is 7.00. The third-order valence-corrected chi connectivity index (χ3v) is 22.6. The number of hydrogen-bond donors (Lipinski definition) is 1. The summed E-state index contributed by atoms with van der Waals surface area (Å²) in [5, 5.41) is 17.9. The molecule has 0 saturated heterocycles. The number of allylic oxidation sites excluding steroid dienone is 4. The Kier molecular flexibility index (Phi) is 27.9. The molecule has 4 aromatic carbocycles. The summed E-state index contributed by atoms with van der Waals surface area (Å²) in [5.41, 5.74) is 8.26. The van der Waals surface area contributed by atoms with Crippen molar-refractivity contribution in [3.8, 4) is 0 Å². The third kappa shape index (κ3) is 19.3. The predicted molar refractivity (Wildman–Crippen MR) is 290 cm³/mol. The van der Waals surface area contributed by atoms with Gasteiger partial charge in [0.25, 0.3) is 16.6 Å². The molecule has 4 rings (SSSR count). The van der Waals surface area contributed by atoms with Crippen LogP contribution >= 0.6 is 0 Å². The molecule has 360 valence electrons. The fourth-order valence-corrected chi connectivity index (χ4v) is 18.3. The van der Waals surface area contributed by atoms with Crippen LogP contribution in [0.5, 0.6) is 0 Å². The Bertz CT molecular complexity index is 1830. The number of nitrogens with zero attached hydrogens (tertiary/aromatic N) is 3. The van der Waals surface area contributed by atoms with E-state index in [4.69, 9.17) is 19.5 Å². The highest BCUT2D eigenvalue weighted by Gasteiger charge is 2.51. The number of hydrogen-bond acceptors (Lipinski definition) is 4. The molecule has 0 spiro atoms. The van der Waals surface area contributed by atoms with E-state index in [0.717, 1.165) is 71.0 Å². The van der Waals surface area contributed by atoms with E-state index in [0.29, 0.717) is 13.2 Å². The Morgan fingerprint density at radius 1 is 0.439 bits per heavy atom. The van der Waals surface area contributed by atoms with Crippen molar-refractivity contribution < 1.29 is 14.0 Å². The summed E-state index contributed by atoms with van der Waals surface area (Å²) < 4.78 is 13.9. The summed E-state index contributed by atoms with van der Waals surface area (Å²) >= 11 is 0. The van der Waals surface area contributed by atoms with Gasteiger partial charge in [0.1, 0.15) is 0 Å². The van der Waals surface area contributed by atoms with E-state index in [-0.39, 0.29) is 10.1 Å². The normalized spacial score (nSPS) is 12.3. The molecule has 0 bridgehead atoms. The van der Waals surface area contributed by atoms with Gasteiger partial charge >= 0.3 is 0 Å². The lowest BCUT2D eigenvalue weighted by Crippen LogP contribution is -2.66. The molecule has 0 aliphatic heterocycles. The Hall–Kier alpha value is -4.02. The van der Waals surface area contributed by atoms with Crippen LogP contribution in [-0.4, -0.2) is 48.1 Å². The second-order valence-electron chi connectivity index (χ2n) is 19.7. The molecular weight excluding hydrogens is 843 g/mol. The smallest absolute Gasteiger partial charge is 0.261 e. The minimum absolute atomic E-state index is 0.0466. The van der Waals surface area contributed by atoms with Gasteiger partial charge in [0, 0.05) is 31.3 Å². The molecule has 0 aromatic heterocycles. The fourth-order valence-electron chi connectivity index (χ4n) is 9.10. The van der Waals surface area contributed by atoms with Crippen molar-refractivity contribution in [3.63, 3.8) is 0 Å². The first-order valence-corrected chi connectivity index (χ1v) is 29.3. The van der Waals surface area contributed by atoms with Gasteiger partial charge in [0.05, 0.1) is 0 Å². The van der Waals surface area contributed by atoms with Crippen LogP contribution in [-0.2, 0) is 8.85 Å². The molecule has 0 aliphatic rings. The van der Waals surface area contributed by atoms with Crippen LogP contribution in [0.15, 0.2) is 151 Å². The molecule has 0 atom stereocenters. The molecule has 6 nitrogen and oxygen atoms in total. The molecule has 0 fully saturated rings. The van der Waals surface area contributed by atoms with Crippen molar-refractivity contribution in [2.24, 2.45) is 5.11 Å². The monoisotopic (exact) mass is 930 g/mol. The SMILES string of the molecule is CC(C)(C)[Si](OCCCCCCC/C=C\CCCCN=[N+]=[N-])(c1ccccc1)c1ccccc1.CC(C)(C)[Si](OCCCCCCC/C=C\CCCCO)(c1ccccc1)c1ccccc1. The van der Waals surface area contributed by atoms with Crippen LogP contribution in [0.25, 0.3) is 10.4 Å². The van der Waals surface area contributed by atoms with Crippen LogP contribution < -0.4 is 20.7 Å². The van der Waals surface area contributed by atoms with E-state index in [1.54, 1.807) is 0 Å². The number of benzene rings is 4. The highest BCUT2D eigenvalue weighted by atomic mass is 28.4. The lowest BCUT2D eigenvalue weighted by molar-refractivity contribution is 0.285. The van der Waals surface area contributed by atoms with Gasteiger partial charge < -0.3 is 14.0 Å². The third-order valence-electron chi connectivity index (χ3n) is 12.6. The summed E-state index contributed by atoms with van der Waals surface area (Å²) in [6, 6.07) is 43.7. The zero-order valence-corrected chi connectivity index (χ0v) is 44.0. The average molecular weight is 931 g/mol. The van der Waals surface area contributed by atoms with Crippen molar-refractivity contribution >= 4 is 37.4 Å². The zero-order chi connectivity index (χ0) is 47.7. The Morgan fingerprint density at radius 3 is 1.03 bits per heavy atom. The highest BCUT2D eigenvalue weighted by Crippen LogP contribution is 2.38. The maximum Gasteiger partial charge on any atom is 0.261 e. The molecule has 0 aliphatic carbocycles. The van der Waals surface area contributed by atoms with Gasteiger partial charge in [0.2, 0.25) is 0 Å². The van der Waals surface area contributed by atoms with Crippen molar-refractivity contribution in [1.82, 2.24) is 0 Å². The molecule has 1 N–H and O–H groups in total. The average Bonchev–Trinajstić information content (AvgIpc) is 3.32. The Balaban J connectivity index is 0.000000351. The van der Waals surface area contributed by atoms with Crippen molar-refractivity contribution in [2.45, 2.75) is 167 Å². The van der Waals surface area contributed by atoms with E-state index in [9.17, 15) is 0 Å². The molecule has 0 heterocycles. The standard InChI is InChI=1S/C29H43N3OSi.C29H44O2Si/c1-29(2,3)34(27-21-15-13-16-22-27,28-23-17-14-18-24-28)33-26-20-12-10-8-6-4-5-7-9-11-19-25-31-32-30;1-29(2,3)32(27-21-15-13-16-22-27,28-23-17-14-18-24-28)31-26-20-12-10-8-6-4-5-7-9-11-19-25-30/h5,7,13-18,21-24H,4,6,8-12,19-20,25-26H2,1-3H3;5,7,13-18,21-24,30H,4,6,8-12,19-20,25-26H2,1-3H3/b2*7-5-. The first-order valence-electron chi connectivity index (χ1n) is 25.5. The molecule has 8 heteroatoms. The lowest BCUT2D eigenvalue weighted by Gasteiger charge is -2.43. The lowest BCUT2D eigenvalue weighted by atomic mass is 10.1. The second kappa shape index (κ2) is 32.6. The van der Waals surface area contributed by atoms with Crippen LogP contribution in [0, 0.1) is 0 Å². The molecule has 0 radical (unpaired) electrons. The molecular formula is C58H87N3O3Si2. The van der Waals surface area contributed by atoms with Gasteiger partial charge in [-0.2, -0.15) is 0 Å². The maximum atomic E-state index is 8.80. The van der Waals surface area contributed by atoms with E-state index < -0.39 is 16.6 Å². The van der Waals surface area contributed by atoms with Gasteiger partial charge in [-0.15, -0.1) is 0 Å². The molecule has 0 unspecified atom stereocenters. The van der Waals surface area contributed by atoms with E-state index in [2.05, 4.69) is 197 Å². The van der Waals surface area contributed by atoms with Gasteiger partial charge in [-0.1, -0.05) is 231 Å². The minimum atomic E-state index is -2.39. The first-order chi connectivity index (χ1) is 32.0. The molecule has 0 saturated carbocycles. The van der Waals surface area contributed by atoms with Crippen LogP contribution in [0.4, 0.5) is 0 Å². The summed E-state index contributed by atoms with van der Waals surface area (Å²) in [6.07, 6.45) is 30.1. The predicted octanol–water partition coefficient (Wildman–Crippen LogP) is 14.6. The number of unbranched alkanes of at least 4 members (excludes halogenated alkanes) is 14. The Morgan fingerprint density at radius 2 is 0.727 bits per heavy atom. The molecule has 4 aromatic rings. The van der Waals surface area contributed by atoms with Crippen LogP contribution in [0.3, 0.4) is 0 Å². The van der Waals surface area contributed by atoms with E-state index >= 15 is 0 Å². The van der Waals surface area contributed by atoms with Crippen LogP contribution in [0.2, 0.25) is 10.1 Å². The van der Waals surface area contributed by atoms with Gasteiger partial charge in [-0.05, 0) is 113 Å². The number of aliphatic hydroxyl groups is 1. The van der Waals surface area contributed by atoms with Gasteiger partial charge in [-0.25, -0.2) is 0 Å². The molecule has 0 amide bonds. The van der Waals surface area contributed by atoms with Crippen molar-refractivity contribution in [1.29, 1.82) is 0 Å². The summed E-state index contributed by atoms with van der Waals surface area (Å²) in [4.78, 5) is 2.78. The Labute approximate surface area is 404 Å². The van der Waals surface area contributed by atoms with Gasteiger partial charge in [-0.3, -0.25) is 0 Å². The van der Waals surface area contributed by atoms with Crippen molar-refractivity contribution in [2.75, 3.05) is 26.4 Å². The largest absolute Gasteiger partial charge is 0.407 e.